The van der Waals surface area contributed by atoms with Gasteiger partial charge in [-0.2, -0.15) is 0 Å². The molecule has 2 heterocycles. The second-order valence-electron chi connectivity index (χ2n) is 8.38. The molecule has 7 nitrogen and oxygen atoms in total. The lowest BCUT2D eigenvalue weighted by atomic mass is 10.1. The van der Waals surface area contributed by atoms with Gasteiger partial charge in [-0.1, -0.05) is 12.1 Å². The number of hydrogen-bond acceptors (Lipinski definition) is 6. The number of esters is 1. The Morgan fingerprint density at radius 2 is 1.88 bits per heavy atom. The lowest BCUT2D eigenvalue weighted by Crippen LogP contribution is -2.47. The average molecular weight is 439 g/mol. The largest absolute Gasteiger partial charge is 0.462 e. The fraction of sp³-hybridized carbons (Fsp3) is 0.480. The summed E-state index contributed by atoms with van der Waals surface area (Å²) in [6.07, 6.45) is 0.871. The summed E-state index contributed by atoms with van der Waals surface area (Å²) in [7, 11) is 0. The van der Waals surface area contributed by atoms with Gasteiger partial charge in [-0.15, -0.1) is 0 Å². The maximum absolute atomic E-state index is 12.6. The van der Waals surface area contributed by atoms with Crippen molar-refractivity contribution >= 4 is 17.6 Å². The zero-order chi connectivity index (χ0) is 23.1. The Bertz CT molecular complexity index is 939. The molecule has 2 aromatic rings. The van der Waals surface area contributed by atoms with Crippen LogP contribution >= 0.6 is 0 Å². The van der Waals surface area contributed by atoms with Crippen molar-refractivity contribution in [1.82, 2.24) is 15.2 Å². The predicted molar refractivity (Wildman–Crippen MR) is 126 cm³/mol. The van der Waals surface area contributed by atoms with Crippen LogP contribution in [-0.4, -0.2) is 67.1 Å². The van der Waals surface area contributed by atoms with Gasteiger partial charge >= 0.3 is 5.97 Å². The third kappa shape index (κ3) is 6.29. The number of hydrogen-bond donors (Lipinski definition) is 1. The van der Waals surface area contributed by atoms with Gasteiger partial charge in [-0.3, -0.25) is 9.69 Å². The van der Waals surface area contributed by atoms with E-state index >= 15 is 0 Å². The van der Waals surface area contributed by atoms with E-state index in [0.29, 0.717) is 23.6 Å². The summed E-state index contributed by atoms with van der Waals surface area (Å²) in [5, 5.41) is 3.02. The Kier molecular flexibility index (Phi) is 8.22. The second-order valence-corrected chi connectivity index (χ2v) is 8.38. The van der Waals surface area contributed by atoms with E-state index in [-0.39, 0.29) is 11.9 Å². The lowest BCUT2D eigenvalue weighted by Gasteiger charge is -2.36. The molecule has 1 atom stereocenters. The van der Waals surface area contributed by atoms with Crippen LogP contribution in [0, 0.1) is 13.8 Å². The predicted octanol–water partition coefficient (Wildman–Crippen LogP) is 3.21. The number of nitrogens with one attached hydrogen (secondary N) is 1. The summed E-state index contributed by atoms with van der Waals surface area (Å²) in [6.45, 7) is 12.9. The van der Waals surface area contributed by atoms with Crippen molar-refractivity contribution in [2.24, 2.45) is 0 Å². The Morgan fingerprint density at radius 1 is 1.12 bits per heavy atom. The van der Waals surface area contributed by atoms with Crippen molar-refractivity contribution in [3.63, 3.8) is 0 Å². The number of benzene rings is 1. The molecule has 1 fully saturated rings. The van der Waals surface area contributed by atoms with E-state index in [2.05, 4.69) is 51.3 Å². The van der Waals surface area contributed by atoms with Gasteiger partial charge in [-0.05, 0) is 63.9 Å². The Balaban J connectivity index is 1.44. The van der Waals surface area contributed by atoms with E-state index in [1.165, 1.54) is 11.3 Å². The smallest absolute Gasteiger partial charge is 0.339 e. The van der Waals surface area contributed by atoms with E-state index in [0.717, 1.165) is 39.1 Å². The SMILES string of the molecule is CCOC(=O)c1ccc(C(=O)NC(C)CCN2CCN(c3cccc(C)c3)CC2)nc1C. The summed E-state index contributed by atoms with van der Waals surface area (Å²) in [4.78, 5) is 33.7. The van der Waals surface area contributed by atoms with Gasteiger partial charge in [0.2, 0.25) is 0 Å². The van der Waals surface area contributed by atoms with Crippen molar-refractivity contribution in [1.29, 1.82) is 0 Å². The van der Waals surface area contributed by atoms with E-state index in [4.69, 9.17) is 4.74 Å². The minimum atomic E-state index is -0.416. The number of piperazine rings is 1. The molecule has 1 aliphatic rings. The molecule has 3 rings (SSSR count). The van der Waals surface area contributed by atoms with E-state index in [9.17, 15) is 9.59 Å². The van der Waals surface area contributed by atoms with Gasteiger partial charge in [0.1, 0.15) is 5.69 Å². The topological polar surface area (TPSA) is 74.8 Å². The first-order valence-corrected chi connectivity index (χ1v) is 11.4. The molecule has 1 aromatic carbocycles. The Labute approximate surface area is 190 Å². The number of rotatable bonds is 8. The summed E-state index contributed by atoms with van der Waals surface area (Å²) >= 11 is 0. The van der Waals surface area contributed by atoms with Gasteiger partial charge in [0.15, 0.2) is 0 Å². The molecule has 0 aliphatic carbocycles. The van der Waals surface area contributed by atoms with Gasteiger partial charge < -0.3 is 15.0 Å². The summed E-state index contributed by atoms with van der Waals surface area (Å²) < 4.78 is 5.01. The molecule has 1 unspecified atom stereocenters. The van der Waals surface area contributed by atoms with E-state index in [1.807, 2.05) is 6.92 Å². The highest BCUT2D eigenvalue weighted by Crippen LogP contribution is 2.18. The molecule has 0 saturated carbocycles. The molecular formula is C25H34N4O3. The van der Waals surface area contributed by atoms with Crippen molar-refractivity contribution in [2.75, 3.05) is 44.2 Å². The monoisotopic (exact) mass is 438 g/mol. The van der Waals surface area contributed by atoms with Crippen LogP contribution in [0.4, 0.5) is 5.69 Å². The molecule has 1 N–H and O–H groups in total. The Hall–Kier alpha value is -2.93. The lowest BCUT2D eigenvalue weighted by molar-refractivity contribution is 0.0524. The normalized spacial score (nSPS) is 15.3. The van der Waals surface area contributed by atoms with Crippen molar-refractivity contribution in [3.8, 4) is 0 Å². The fourth-order valence-electron chi connectivity index (χ4n) is 3.91. The zero-order valence-corrected chi connectivity index (χ0v) is 19.6. The number of nitrogens with zero attached hydrogens (tertiary/aromatic N) is 3. The first kappa shape index (κ1) is 23.7. The van der Waals surface area contributed by atoms with Gasteiger partial charge in [0.25, 0.3) is 5.91 Å². The van der Waals surface area contributed by atoms with Crippen LogP contribution in [0.3, 0.4) is 0 Å². The van der Waals surface area contributed by atoms with Crippen molar-refractivity contribution in [3.05, 3.63) is 58.9 Å². The van der Waals surface area contributed by atoms with Crippen molar-refractivity contribution in [2.45, 2.75) is 40.2 Å². The van der Waals surface area contributed by atoms with E-state index < -0.39 is 5.97 Å². The first-order chi connectivity index (χ1) is 15.4. The van der Waals surface area contributed by atoms with Crippen LogP contribution in [0.5, 0.6) is 0 Å². The fourth-order valence-corrected chi connectivity index (χ4v) is 3.91. The Morgan fingerprint density at radius 3 is 2.53 bits per heavy atom. The number of anilines is 1. The average Bonchev–Trinajstić information content (AvgIpc) is 2.78. The quantitative estimate of drug-likeness (QED) is 0.638. The van der Waals surface area contributed by atoms with Crippen LogP contribution in [0.25, 0.3) is 0 Å². The molecule has 7 heteroatoms. The van der Waals surface area contributed by atoms with Crippen LogP contribution in [0.1, 0.15) is 52.4 Å². The number of pyridine rings is 1. The molecule has 1 amide bonds. The van der Waals surface area contributed by atoms with Crippen LogP contribution in [0.15, 0.2) is 36.4 Å². The number of carbonyl (C=O) groups is 2. The molecule has 0 spiro atoms. The number of aryl methyl sites for hydroxylation is 2. The molecule has 0 bridgehead atoms. The van der Waals surface area contributed by atoms with Crippen LogP contribution in [-0.2, 0) is 4.74 Å². The minimum absolute atomic E-state index is 0.0316. The molecule has 0 radical (unpaired) electrons. The zero-order valence-electron chi connectivity index (χ0n) is 19.6. The van der Waals surface area contributed by atoms with Crippen LogP contribution < -0.4 is 10.2 Å². The maximum atomic E-state index is 12.6. The molecule has 1 saturated heterocycles. The van der Waals surface area contributed by atoms with Crippen molar-refractivity contribution < 1.29 is 14.3 Å². The highest BCUT2D eigenvalue weighted by molar-refractivity contribution is 5.95. The first-order valence-electron chi connectivity index (χ1n) is 11.4. The maximum Gasteiger partial charge on any atom is 0.339 e. The number of amides is 1. The summed E-state index contributed by atoms with van der Waals surface area (Å²) in [6, 6.07) is 11.9. The highest BCUT2D eigenvalue weighted by Gasteiger charge is 2.19. The number of ether oxygens (including phenoxy) is 1. The molecule has 172 valence electrons. The van der Waals surface area contributed by atoms with Gasteiger partial charge in [0, 0.05) is 44.5 Å². The standard InChI is InChI=1S/C25H34N4O3/c1-5-32-25(31)22-9-10-23(27-20(22)4)24(30)26-19(3)11-12-28-13-15-29(16-14-28)21-8-6-7-18(2)17-21/h6-10,17,19H,5,11-16H2,1-4H3,(H,26,30). The second kappa shape index (κ2) is 11.1. The summed E-state index contributed by atoms with van der Waals surface area (Å²) in [5.41, 5.74) is 3.78. The number of aromatic nitrogens is 1. The van der Waals surface area contributed by atoms with Gasteiger partial charge in [0.05, 0.1) is 17.9 Å². The summed E-state index contributed by atoms with van der Waals surface area (Å²) in [5.74, 6) is -0.638. The highest BCUT2D eigenvalue weighted by atomic mass is 16.5. The third-order valence-corrected chi connectivity index (χ3v) is 5.81. The molecular weight excluding hydrogens is 404 g/mol. The number of carbonyl (C=O) groups excluding carboxylic acids is 2. The molecule has 32 heavy (non-hydrogen) atoms. The molecule has 1 aromatic heterocycles. The third-order valence-electron chi connectivity index (χ3n) is 5.81. The molecule has 1 aliphatic heterocycles. The minimum Gasteiger partial charge on any atom is -0.462 e. The van der Waals surface area contributed by atoms with Crippen LogP contribution in [0.2, 0.25) is 0 Å². The van der Waals surface area contributed by atoms with E-state index in [1.54, 1.807) is 26.0 Å². The van der Waals surface area contributed by atoms with Gasteiger partial charge in [-0.25, -0.2) is 9.78 Å².